The Morgan fingerprint density at radius 3 is 2.36 bits per heavy atom. The van der Waals surface area contributed by atoms with E-state index in [1.54, 1.807) is 19.1 Å². The zero-order chi connectivity index (χ0) is 15.6. The fourth-order valence-corrected chi connectivity index (χ4v) is 3.92. The van der Waals surface area contributed by atoms with E-state index in [1.165, 1.54) is 37.7 Å². The highest BCUT2D eigenvalue weighted by molar-refractivity contribution is 7.92. The van der Waals surface area contributed by atoms with E-state index in [-0.39, 0.29) is 10.7 Å². The van der Waals surface area contributed by atoms with Gasteiger partial charge in [-0.15, -0.1) is 0 Å². The van der Waals surface area contributed by atoms with Crippen LogP contribution in [0.1, 0.15) is 49.3 Å². The smallest absolute Gasteiger partial charge is 0.259 e. The molecule has 6 nitrogen and oxygen atoms in total. The van der Waals surface area contributed by atoms with Crippen molar-refractivity contribution in [2.75, 3.05) is 4.72 Å². The number of aryl methyl sites for hydroxylation is 1. The molecule has 3 rings (SSSR count). The number of hydrogen-bond donors (Lipinski definition) is 1. The molecule has 1 aromatic heterocycles. The van der Waals surface area contributed by atoms with Crippen molar-refractivity contribution in [3.8, 4) is 0 Å². The predicted octanol–water partition coefficient (Wildman–Crippen LogP) is 3.23. The number of hydrogen-bond acceptors (Lipinski definition) is 5. The molecule has 1 saturated carbocycles. The van der Waals surface area contributed by atoms with Gasteiger partial charge in [0.05, 0.1) is 4.90 Å². The molecule has 2 aromatic rings. The molecule has 22 heavy (non-hydrogen) atoms. The minimum Gasteiger partial charge on any atom is -0.259 e. The van der Waals surface area contributed by atoms with Crippen molar-refractivity contribution in [3.63, 3.8) is 0 Å². The fraction of sp³-hybridized carbons (Fsp3) is 0.467. The van der Waals surface area contributed by atoms with Crippen molar-refractivity contribution >= 4 is 15.8 Å². The van der Waals surface area contributed by atoms with Gasteiger partial charge in [-0.05, 0) is 48.5 Å². The summed E-state index contributed by atoms with van der Waals surface area (Å²) in [6.45, 7) is 1.63. The van der Waals surface area contributed by atoms with Crippen LogP contribution < -0.4 is 4.72 Å². The largest absolute Gasteiger partial charge is 0.263 e. The highest BCUT2D eigenvalue weighted by atomic mass is 32.2. The molecule has 0 unspecified atom stereocenters. The van der Waals surface area contributed by atoms with Crippen LogP contribution in [0.3, 0.4) is 0 Å². The average Bonchev–Trinajstić information content (AvgIpc) is 2.93. The van der Waals surface area contributed by atoms with E-state index in [2.05, 4.69) is 19.7 Å². The van der Waals surface area contributed by atoms with E-state index in [4.69, 9.17) is 0 Å². The third kappa shape index (κ3) is 3.14. The zero-order valence-electron chi connectivity index (χ0n) is 12.4. The Balaban J connectivity index is 1.78. The second kappa shape index (κ2) is 6.08. The molecule has 0 aliphatic heterocycles. The molecule has 7 heteroatoms. The summed E-state index contributed by atoms with van der Waals surface area (Å²) in [5.74, 6) is 0.678. The third-order valence-corrected chi connectivity index (χ3v) is 5.51. The number of benzene rings is 1. The molecule has 0 amide bonds. The number of anilines is 1. The summed E-state index contributed by atoms with van der Waals surface area (Å²) >= 11 is 0. The first kappa shape index (κ1) is 15.0. The summed E-state index contributed by atoms with van der Waals surface area (Å²) in [5, 5.41) is 7.10. The standard InChI is InChI=1S/C15H19N3O3S/c1-11-15(17-21-16-11)18-22(19,20)14-9-7-13(8-10-14)12-5-3-2-4-6-12/h7-10,12H,2-6H2,1H3,(H,17,18). The molecule has 1 aromatic carbocycles. The second-order valence-electron chi connectivity index (χ2n) is 5.71. The van der Waals surface area contributed by atoms with Crippen molar-refractivity contribution in [2.45, 2.75) is 49.8 Å². The first-order valence-electron chi connectivity index (χ1n) is 7.48. The molecule has 1 aliphatic rings. The minimum atomic E-state index is -3.67. The maximum Gasteiger partial charge on any atom is 0.263 e. The van der Waals surface area contributed by atoms with Gasteiger partial charge in [0, 0.05) is 0 Å². The maximum atomic E-state index is 12.3. The molecule has 1 aliphatic carbocycles. The fourth-order valence-electron chi connectivity index (χ4n) is 2.87. The van der Waals surface area contributed by atoms with Gasteiger partial charge in [-0.1, -0.05) is 36.6 Å². The van der Waals surface area contributed by atoms with E-state index in [9.17, 15) is 8.42 Å². The van der Waals surface area contributed by atoms with Crippen LogP contribution in [0.2, 0.25) is 0 Å². The van der Waals surface area contributed by atoms with Gasteiger partial charge >= 0.3 is 0 Å². The van der Waals surface area contributed by atoms with Crippen LogP contribution >= 0.6 is 0 Å². The first-order chi connectivity index (χ1) is 10.6. The van der Waals surface area contributed by atoms with Crippen molar-refractivity contribution in [2.24, 2.45) is 0 Å². The molecular weight excluding hydrogens is 302 g/mol. The van der Waals surface area contributed by atoms with Gasteiger partial charge in [0.25, 0.3) is 10.0 Å². The lowest BCUT2D eigenvalue weighted by Gasteiger charge is -2.22. The summed E-state index contributed by atoms with van der Waals surface area (Å²) in [5.41, 5.74) is 1.63. The van der Waals surface area contributed by atoms with E-state index in [0.29, 0.717) is 11.6 Å². The van der Waals surface area contributed by atoms with Crippen LogP contribution in [0.25, 0.3) is 0 Å². The number of nitrogens with one attached hydrogen (secondary N) is 1. The van der Waals surface area contributed by atoms with Gasteiger partial charge in [-0.25, -0.2) is 13.0 Å². The quantitative estimate of drug-likeness (QED) is 0.934. The monoisotopic (exact) mass is 321 g/mol. The number of nitrogens with zero attached hydrogens (tertiary/aromatic N) is 2. The molecule has 0 radical (unpaired) electrons. The van der Waals surface area contributed by atoms with E-state index < -0.39 is 10.0 Å². The topological polar surface area (TPSA) is 85.1 Å². The summed E-state index contributed by atoms with van der Waals surface area (Å²) in [6.07, 6.45) is 6.19. The van der Waals surface area contributed by atoms with Crippen LogP contribution in [0.4, 0.5) is 5.82 Å². The van der Waals surface area contributed by atoms with E-state index in [0.717, 1.165) is 0 Å². The third-order valence-electron chi connectivity index (χ3n) is 4.15. The first-order valence-corrected chi connectivity index (χ1v) is 8.96. The molecule has 1 heterocycles. The van der Waals surface area contributed by atoms with Crippen molar-refractivity contribution in [1.29, 1.82) is 0 Å². The molecule has 0 saturated heterocycles. The molecule has 1 N–H and O–H groups in total. The summed E-state index contributed by atoms with van der Waals surface area (Å²) in [6, 6.07) is 7.13. The molecular formula is C15H19N3O3S. The van der Waals surface area contributed by atoms with Crippen molar-refractivity contribution < 1.29 is 13.0 Å². The maximum absolute atomic E-state index is 12.3. The van der Waals surface area contributed by atoms with Gasteiger partial charge in [-0.2, -0.15) is 0 Å². The summed E-state index contributed by atoms with van der Waals surface area (Å²) in [7, 11) is -3.67. The van der Waals surface area contributed by atoms with Crippen LogP contribution in [0.5, 0.6) is 0 Å². The molecule has 0 bridgehead atoms. The highest BCUT2D eigenvalue weighted by Crippen LogP contribution is 2.33. The SMILES string of the molecule is Cc1nonc1NS(=O)(=O)c1ccc(C2CCCCC2)cc1. The average molecular weight is 321 g/mol. The van der Waals surface area contributed by atoms with Gasteiger partial charge in [0.1, 0.15) is 5.69 Å². The van der Waals surface area contributed by atoms with E-state index >= 15 is 0 Å². The highest BCUT2D eigenvalue weighted by Gasteiger charge is 2.20. The molecule has 118 valence electrons. The minimum absolute atomic E-state index is 0.122. The molecule has 0 atom stereocenters. The van der Waals surface area contributed by atoms with Crippen LogP contribution in [0, 0.1) is 6.92 Å². The zero-order valence-corrected chi connectivity index (χ0v) is 13.3. The predicted molar refractivity (Wildman–Crippen MR) is 82.1 cm³/mol. The molecule has 0 spiro atoms. The van der Waals surface area contributed by atoms with Gasteiger partial charge < -0.3 is 0 Å². The van der Waals surface area contributed by atoms with Crippen molar-refractivity contribution in [1.82, 2.24) is 10.3 Å². The van der Waals surface area contributed by atoms with Gasteiger partial charge in [-0.3, -0.25) is 4.72 Å². The van der Waals surface area contributed by atoms with Crippen LogP contribution in [0.15, 0.2) is 33.8 Å². The normalized spacial score (nSPS) is 16.6. The van der Waals surface area contributed by atoms with E-state index in [1.807, 2.05) is 12.1 Å². The summed E-state index contributed by atoms with van der Waals surface area (Å²) in [4.78, 5) is 0.217. The Kier molecular flexibility index (Phi) is 4.15. The molecule has 1 fully saturated rings. The Bertz CT molecular complexity index is 732. The van der Waals surface area contributed by atoms with Gasteiger partial charge in [0.15, 0.2) is 0 Å². The summed E-state index contributed by atoms with van der Waals surface area (Å²) < 4.78 is 31.5. The lowest BCUT2D eigenvalue weighted by molar-refractivity contribution is 0.306. The van der Waals surface area contributed by atoms with Crippen molar-refractivity contribution in [3.05, 3.63) is 35.5 Å². The lowest BCUT2D eigenvalue weighted by atomic mass is 9.84. The second-order valence-corrected chi connectivity index (χ2v) is 7.39. The van der Waals surface area contributed by atoms with Crippen LogP contribution in [-0.4, -0.2) is 18.7 Å². The Morgan fingerprint density at radius 2 is 1.77 bits per heavy atom. The van der Waals surface area contributed by atoms with Crippen LogP contribution in [-0.2, 0) is 10.0 Å². The number of aromatic nitrogens is 2. The van der Waals surface area contributed by atoms with Gasteiger partial charge in [0.2, 0.25) is 5.82 Å². The lowest BCUT2D eigenvalue weighted by Crippen LogP contribution is -2.14. The Labute approximate surface area is 129 Å². The number of rotatable bonds is 4. The number of sulfonamides is 1. The Morgan fingerprint density at radius 1 is 1.09 bits per heavy atom. The Hall–Kier alpha value is -1.89.